The van der Waals surface area contributed by atoms with Crippen LogP contribution in [0.25, 0.3) is 10.9 Å². The molecular formula is C10H10FNS. The largest absolute Gasteiger partial charge is 0.347 e. The van der Waals surface area contributed by atoms with Crippen LogP contribution in [0.5, 0.6) is 0 Å². The summed E-state index contributed by atoms with van der Waals surface area (Å²) >= 11 is 4.18. The first-order valence-electron chi connectivity index (χ1n) is 4.07. The van der Waals surface area contributed by atoms with Gasteiger partial charge in [-0.3, -0.25) is 0 Å². The molecule has 1 heterocycles. The Morgan fingerprint density at radius 1 is 1.46 bits per heavy atom. The Kier molecular flexibility index (Phi) is 2.04. The fourth-order valence-electron chi connectivity index (χ4n) is 1.53. The molecule has 0 aliphatic carbocycles. The molecule has 0 bridgehead atoms. The minimum atomic E-state index is -0.166. The number of benzene rings is 1. The molecule has 0 spiro atoms. The molecule has 0 unspecified atom stereocenters. The second-order valence-corrected chi connectivity index (χ2v) is 3.34. The van der Waals surface area contributed by atoms with E-state index in [0.717, 1.165) is 11.2 Å². The molecule has 1 nitrogen and oxygen atoms in total. The Hall–Kier alpha value is -0.960. The Balaban J connectivity index is 2.83. The Bertz CT molecular complexity index is 447. The Labute approximate surface area is 81.6 Å². The minimum Gasteiger partial charge on any atom is -0.347 e. The number of aryl methyl sites for hydroxylation is 1. The van der Waals surface area contributed by atoms with Crippen molar-refractivity contribution < 1.29 is 4.39 Å². The third-order valence-corrected chi connectivity index (χ3v) is 2.62. The van der Waals surface area contributed by atoms with Crippen LogP contribution in [0.15, 0.2) is 24.3 Å². The van der Waals surface area contributed by atoms with E-state index in [1.54, 1.807) is 6.07 Å². The maximum atomic E-state index is 13.3. The molecule has 0 aliphatic rings. The van der Waals surface area contributed by atoms with Gasteiger partial charge in [-0.1, -0.05) is 6.07 Å². The number of rotatable bonds is 1. The zero-order valence-electron chi connectivity index (χ0n) is 7.29. The number of fused-ring (bicyclic) bond motifs is 1. The second-order valence-electron chi connectivity index (χ2n) is 3.03. The monoisotopic (exact) mass is 195 g/mol. The van der Waals surface area contributed by atoms with Crippen molar-refractivity contribution in [2.45, 2.75) is 5.75 Å². The molecule has 0 radical (unpaired) electrons. The third-order valence-electron chi connectivity index (χ3n) is 2.30. The first kappa shape index (κ1) is 8.63. The van der Waals surface area contributed by atoms with Gasteiger partial charge in [0.15, 0.2) is 0 Å². The van der Waals surface area contributed by atoms with Crippen molar-refractivity contribution in [1.29, 1.82) is 0 Å². The molecule has 68 valence electrons. The van der Waals surface area contributed by atoms with Crippen molar-refractivity contribution in [3.05, 3.63) is 35.8 Å². The van der Waals surface area contributed by atoms with E-state index in [-0.39, 0.29) is 5.82 Å². The van der Waals surface area contributed by atoms with E-state index in [2.05, 4.69) is 12.6 Å². The maximum Gasteiger partial charge on any atom is 0.132 e. The van der Waals surface area contributed by atoms with Crippen LogP contribution in [0.2, 0.25) is 0 Å². The summed E-state index contributed by atoms with van der Waals surface area (Å²) in [4.78, 5) is 0. The van der Waals surface area contributed by atoms with Gasteiger partial charge in [-0.25, -0.2) is 4.39 Å². The van der Waals surface area contributed by atoms with E-state index in [0.29, 0.717) is 11.1 Å². The van der Waals surface area contributed by atoms with Crippen LogP contribution in [0.3, 0.4) is 0 Å². The molecule has 2 rings (SSSR count). The molecule has 0 N–H and O–H groups in total. The first-order chi connectivity index (χ1) is 6.24. The number of hydrogen-bond donors (Lipinski definition) is 1. The molecule has 0 atom stereocenters. The summed E-state index contributed by atoms with van der Waals surface area (Å²) in [5.74, 6) is 0.464. The summed E-state index contributed by atoms with van der Waals surface area (Å²) in [7, 11) is 1.92. The van der Waals surface area contributed by atoms with Crippen LogP contribution in [0.4, 0.5) is 4.39 Å². The molecule has 0 aliphatic heterocycles. The van der Waals surface area contributed by atoms with Gasteiger partial charge in [0.2, 0.25) is 0 Å². The van der Waals surface area contributed by atoms with Gasteiger partial charge in [-0.2, -0.15) is 12.6 Å². The lowest BCUT2D eigenvalue weighted by molar-refractivity contribution is 0.640. The van der Waals surface area contributed by atoms with Crippen LogP contribution in [-0.2, 0) is 12.8 Å². The number of halogens is 1. The van der Waals surface area contributed by atoms with Gasteiger partial charge in [-0.15, -0.1) is 0 Å². The highest BCUT2D eigenvalue weighted by atomic mass is 32.1. The summed E-state index contributed by atoms with van der Waals surface area (Å²) in [6.45, 7) is 0. The topological polar surface area (TPSA) is 4.93 Å². The van der Waals surface area contributed by atoms with Gasteiger partial charge >= 0.3 is 0 Å². The summed E-state index contributed by atoms with van der Waals surface area (Å²) in [5, 5.41) is 0.675. The van der Waals surface area contributed by atoms with E-state index >= 15 is 0 Å². The molecule has 13 heavy (non-hydrogen) atoms. The van der Waals surface area contributed by atoms with E-state index in [1.165, 1.54) is 6.07 Å². The van der Waals surface area contributed by atoms with Crippen molar-refractivity contribution in [3.8, 4) is 0 Å². The zero-order valence-corrected chi connectivity index (χ0v) is 8.18. The van der Waals surface area contributed by atoms with Gasteiger partial charge < -0.3 is 4.57 Å². The third kappa shape index (κ3) is 1.23. The SMILES string of the molecule is Cn1c(CS)cc2c(F)cccc21. The molecule has 0 saturated carbocycles. The highest BCUT2D eigenvalue weighted by molar-refractivity contribution is 7.79. The summed E-state index contributed by atoms with van der Waals surface area (Å²) < 4.78 is 15.2. The molecule has 3 heteroatoms. The lowest BCUT2D eigenvalue weighted by Gasteiger charge is -1.99. The van der Waals surface area contributed by atoms with Crippen molar-refractivity contribution in [2.24, 2.45) is 7.05 Å². The van der Waals surface area contributed by atoms with Gasteiger partial charge in [0.05, 0.1) is 5.52 Å². The quantitative estimate of drug-likeness (QED) is 0.668. The predicted molar refractivity (Wildman–Crippen MR) is 55.6 cm³/mol. The highest BCUT2D eigenvalue weighted by Gasteiger charge is 2.06. The van der Waals surface area contributed by atoms with Gasteiger partial charge in [0, 0.05) is 23.9 Å². The van der Waals surface area contributed by atoms with Crippen LogP contribution < -0.4 is 0 Å². The fourth-order valence-corrected chi connectivity index (χ4v) is 1.83. The number of thiol groups is 1. The van der Waals surface area contributed by atoms with Crippen LogP contribution in [-0.4, -0.2) is 4.57 Å². The van der Waals surface area contributed by atoms with Crippen LogP contribution >= 0.6 is 12.6 Å². The van der Waals surface area contributed by atoms with Crippen molar-refractivity contribution >= 4 is 23.5 Å². The average molecular weight is 195 g/mol. The average Bonchev–Trinajstić information content (AvgIpc) is 2.45. The smallest absolute Gasteiger partial charge is 0.132 e. The van der Waals surface area contributed by atoms with Crippen molar-refractivity contribution in [2.75, 3.05) is 0 Å². The highest BCUT2D eigenvalue weighted by Crippen LogP contribution is 2.22. The Morgan fingerprint density at radius 2 is 2.23 bits per heavy atom. The minimum absolute atomic E-state index is 0.166. The summed E-state index contributed by atoms with van der Waals surface area (Å²) in [5.41, 5.74) is 1.95. The van der Waals surface area contributed by atoms with E-state index in [9.17, 15) is 4.39 Å². The first-order valence-corrected chi connectivity index (χ1v) is 4.71. The second kappa shape index (κ2) is 3.07. The molecule has 0 amide bonds. The van der Waals surface area contributed by atoms with Crippen LogP contribution in [0.1, 0.15) is 5.69 Å². The summed E-state index contributed by atoms with van der Waals surface area (Å²) in [6.07, 6.45) is 0. The normalized spacial score (nSPS) is 11.0. The van der Waals surface area contributed by atoms with Crippen LogP contribution in [0, 0.1) is 5.82 Å². The molecular weight excluding hydrogens is 185 g/mol. The fraction of sp³-hybridized carbons (Fsp3) is 0.200. The summed E-state index contributed by atoms with van der Waals surface area (Å²) in [6, 6.07) is 6.95. The van der Waals surface area contributed by atoms with Gasteiger partial charge in [-0.05, 0) is 18.2 Å². The number of nitrogens with zero attached hydrogens (tertiary/aromatic N) is 1. The molecule has 1 aromatic carbocycles. The van der Waals surface area contributed by atoms with E-state index < -0.39 is 0 Å². The van der Waals surface area contributed by atoms with Gasteiger partial charge in [0.1, 0.15) is 5.82 Å². The zero-order chi connectivity index (χ0) is 9.42. The molecule has 1 aromatic heterocycles. The van der Waals surface area contributed by atoms with Gasteiger partial charge in [0.25, 0.3) is 0 Å². The molecule has 0 fully saturated rings. The van der Waals surface area contributed by atoms with E-state index in [4.69, 9.17) is 0 Å². The van der Waals surface area contributed by atoms with Crippen molar-refractivity contribution in [3.63, 3.8) is 0 Å². The van der Waals surface area contributed by atoms with E-state index in [1.807, 2.05) is 23.7 Å². The van der Waals surface area contributed by atoms with Crippen molar-refractivity contribution in [1.82, 2.24) is 4.57 Å². The maximum absolute atomic E-state index is 13.3. The molecule has 2 aromatic rings. The number of aromatic nitrogens is 1. The predicted octanol–water partition coefficient (Wildman–Crippen LogP) is 2.75. The Morgan fingerprint density at radius 3 is 2.85 bits per heavy atom. The number of hydrogen-bond acceptors (Lipinski definition) is 1. The molecule has 0 saturated heterocycles. The lowest BCUT2D eigenvalue weighted by Crippen LogP contribution is -1.91. The standard InChI is InChI=1S/C10H10FNS/c1-12-7(6-13)5-8-9(11)3-2-4-10(8)12/h2-5,13H,6H2,1H3. The lowest BCUT2D eigenvalue weighted by atomic mass is 10.2.